The quantitative estimate of drug-likeness (QED) is 0.941. The maximum absolute atomic E-state index is 10.7. The Bertz CT molecular complexity index is 623. The summed E-state index contributed by atoms with van der Waals surface area (Å²) in [6, 6.07) is 5.17. The van der Waals surface area contributed by atoms with Gasteiger partial charge in [-0.15, -0.1) is 0 Å². The van der Waals surface area contributed by atoms with E-state index in [9.17, 15) is 4.79 Å². The molecule has 0 fully saturated rings. The van der Waals surface area contributed by atoms with Gasteiger partial charge in [0.1, 0.15) is 0 Å². The van der Waals surface area contributed by atoms with Gasteiger partial charge in [-0.05, 0) is 30.2 Å². The Morgan fingerprint density at radius 1 is 1.42 bits per heavy atom. The fourth-order valence-corrected chi connectivity index (χ4v) is 2.37. The van der Waals surface area contributed by atoms with Crippen molar-refractivity contribution in [3.05, 3.63) is 40.0 Å². The van der Waals surface area contributed by atoms with Crippen LogP contribution in [0.5, 0.6) is 0 Å². The monoisotopic (exact) mass is 298 g/mol. The van der Waals surface area contributed by atoms with Crippen LogP contribution >= 0.6 is 23.2 Å². The smallest absolute Gasteiger partial charge is 0.303 e. The second-order valence-corrected chi connectivity index (χ2v) is 5.04. The predicted octanol–water partition coefficient (Wildman–Crippen LogP) is 3.41. The highest BCUT2D eigenvalue weighted by Gasteiger charge is 2.14. The van der Waals surface area contributed by atoms with E-state index in [2.05, 4.69) is 5.10 Å². The van der Waals surface area contributed by atoms with E-state index in [-0.39, 0.29) is 6.42 Å². The summed E-state index contributed by atoms with van der Waals surface area (Å²) in [7, 11) is 1.79. The molecule has 2 aromatic rings. The number of aromatic nitrogens is 2. The first-order valence-electron chi connectivity index (χ1n) is 5.67. The number of hydrogen-bond acceptors (Lipinski definition) is 2. The maximum Gasteiger partial charge on any atom is 0.303 e. The maximum atomic E-state index is 10.7. The van der Waals surface area contributed by atoms with Gasteiger partial charge in [0.2, 0.25) is 0 Å². The molecule has 1 aromatic heterocycles. The summed E-state index contributed by atoms with van der Waals surface area (Å²) in [5.41, 5.74) is 2.31. The number of carbonyl (C=O) groups is 1. The van der Waals surface area contributed by atoms with Gasteiger partial charge in [-0.25, -0.2) is 0 Å². The van der Waals surface area contributed by atoms with E-state index in [1.54, 1.807) is 29.9 Å². The Morgan fingerprint density at radius 3 is 2.79 bits per heavy atom. The molecule has 0 aliphatic rings. The first kappa shape index (κ1) is 13.9. The van der Waals surface area contributed by atoms with Crippen LogP contribution in [-0.2, 0) is 18.3 Å². The number of benzene rings is 1. The summed E-state index contributed by atoms with van der Waals surface area (Å²) in [6.45, 7) is 0. The van der Waals surface area contributed by atoms with E-state index in [1.807, 2.05) is 6.20 Å². The third-order valence-corrected chi connectivity index (χ3v) is 3.25. The Morgan fingerprint density at radius 2 is 2.16 bits per heavy atom. The van der Waals surface area contributed by atoms with Crippen LogP contribution in [0, 0.1) is 0 Å². The van der Waals surface area contributed by atoms with Gasteiger partial charge in [-0.1, -0.05) is 23.2 Å². The zero-order valence-corrected chi connectivity index (χ0v) is 11.7. The number of carboxylic acid groups (broad SMARTS) is 1. The molecule has 1 aromatic carbocycles. The van der Waals surface area contributed by atoms with Crippen molar-refractivity contribution in [2.75, 3.05) is 0 Å². The summed E-state index contributed by atoms with van der Waals surface area (Å²) in [4.78, 5) is 10.7. The number of aliphatic carboxylic acids is 1. The summed E-state index contributed by atoms with van der Waals surface area (Å²) in [6.07, 6.45) is 2.28. The van der Waals surface area contributed by atoms with E-state index in [0.717, 1.165) is 11.1 Å². The minimum absolute atomic E-state index is 0.0594. The number of nitrogens with zero attached hydrogens (tertiary/aromatic N) is 2. The van der Waals surface area contributed by atoms with Crippen molar-refractivity contribution in [2.24, 2.45) is 7.05 Å². The van der Waals surface area contributed by atoms with Gasteiger partial charge in [-0.2, -0.15) is 5.10 Å². The van der Waals surface area contributed by atoms with E-state index in [0.29, 0.717) is 22.2 Å². The van der Waals surface area contributed by atoms with E-state index >= 15 is 0 Å². The molecule has 0 unspecified atom stereocenters. The molecule has 0 bridgehead atoms. The fourth-order valence-electron chi connectivity index (χ4n) is 1.87. The Labute approximate surface area is 120 Å². The number of halogens is 2. The lowest BCUT2D eigenvalue weighted by Crippen LogP contribution is -1.98. The molecule has 1 N–H and O–H groups in total. The summed E-state index contributed by atoms with van der Waals surface area (Å²) < 4.78 is 1.65. The molecule has 19 heavy (non-hydrogen) atoms. The van der Waals surface area contributed by atoms with Crippen molar-refractivity contribution < 1.29 is 9.90 Å². The highest BCUT2D eigenvalue weighted by atomic mass is 35.5. The van der Waals surface area contributed by atoms with Gasteiger partial charge < -0.3 is 5.11 Å². The lowest BCUT2D eigenvalue weighted by atomic mass is 10.0. The minimum Gasteiger partial charge on any atom is -0.481 e. The van der Waals surface area contributed by atoms with Crippen LogP contribution in [-0.4, -0.2) is 20.9 Å². The fraction of sp³-hybridized carbons (Fsp3) is 0.231. The molecule has 0 spiro atoms. The molecule has 0 amide bonds. The lowest BCUT2D eigenvalue weighted by Gasteiger charge is -2.04. The first-order valence-corrected chi connectivity index (χ1v) is 6.42. The molecule has 0 atom stereocenters. The SMILES string of the molecule is Cn1cc(CCC(=O)O)c(-c2ccc(Cl)cc2Cl)n1. The Kier molecular flexibility index (Phi) is 4.12. The molecular weight excluding hydrogens is 287 g/mol. The van der Waals surface area contributed by atoms with Crippen LogP contribution in [0.15, 0.2) is 24.4 Å². The third kappa shape index (κ3) is 3.28. The van der Waals surface area contributed by atoms with Gasteiger partial charge >= 0.3 is 5.97 Å². The molecule has 100 valence electrons. The number of aryl methyl sites for hydroxylation is 2. The number of hydrogen-bond donors (Lipinski definition) is 1. The molecule has 0 saturated heterocycles. The van der Waals surface area contributed by atoms with Crippen molar-refractivity contribution in [3.63, 3.8) is 0 Å². The Balaban J connectivity index is 2.40. The zero-order chi connectivity index (χ0) is 14.0. The second kappa shape index (κ2) is 5.63. The van der Waals surface area contributed by atoms with Crippen LogP contribution in [0.4, 0.5) is 0 Å². The second-order valence-electron chi connectivity index (χ2n) is 4.19. The normalized spacial score (nSPS) is 10.7. The highest BCUT2D eigenvalue weighted by Crippen LogP contribution is 2.31. The largest absolute Gasteiger partial charge is 0.481 e. The van der Waals surface area contributed by atoms with E-state index in [4.69, 9.17) is 28.3 Å². The molecule has 0 aliphatic carbocycles. The zero-order valence-electron chi connectivity index (χ0n) is 10.2. The van der Waals surface area contributed by atoms with Crippen LogP contribution in [0.25, 0.3) is 11.3 Å². The van der Waals surface area contributed by atoms with Crippen LogP contribution in [0.3, 0.4) is 0 Å². The van der Waals surface area contributed by atoms with Crippen molar-refractivity contribution in [3.8, 4) is 11.3 Å². The molecule has 0 saturated carbocycles. The summed E-state index contributed by atoms with van der Waals surface area (Å²) >= 11 is 12.0. The minimum atomic E-state index is -0.836. The van der Waals surface area contributed by atoms with Gasteiger partial charge in [-0.3, -0.25) is 9.48 Å². The van der Waals surface area contributed by atoms with E-state index < -0.39 is 5.97 Å². The van der Waals surface area contributed by atoms with Crippen molar-refractivity contribution in [2.45, 2.75) is 12.8 Å². The van der Waals surface area contributed by atoms with Crippen molar-refractivity contribution in [1.82, 2.24) is 9.78 Å². The molecule has 0 aliphatic heterocycles. The molecule has 0 radical (unpaired) electrons. The van der Waals surface area contributed by atoms with Gasteiger partial charge in [0, 0.05) is 30.3 Å². The Hall–Kier alpha value is -1.52. The molecular formula is C13H12Cl2N2O2. The molecule has 4 nitrogen and oxygen atoms in total. The average molecular weight is 299 g/mol. The standard InChI is InChI=1S/C13H12Cl2N2O2/c1-17-7-8(2-5-12(18)19)13(16-17)10-4-3-9(14)6-11(10)15/h3-4,6-7H,2,5H2,1H3,(H,18,19). The highest BCUT2D eigenvalue weighted by molar-refractivity contribution is 6.36. The van der Waals surface area contributed by atoms with Gasteiger partial charge in [0.25, 0.3) is 0 Å². The lowest BCUT2D eigenvalue weighted by molar-refractivity contribution is -0.136. The predicted molar refractivity (Wildman–Crippen MR) is 74.6 cm³/mol. The van der Waals surface area contributed by atoms with Gasteiger partial charge in [0.15, 0.2) is 0 Å². The van der Waals surface area contributed by atoms with Crippen molar-refractivity contribution >= 4 is 29.2 Å². The molecule has 1 heterocycles. The third-order valence-electron chi connectivity index (χ3n) is 2.70. The van der Waals surface area contributed by atoms with E-state index in [1.165, 1.54) is 0 Å². The first-order chi connectivity index (χ1) is 8.97. The molecule has 6 heteroatoms. The summed E-state index contributed by atoms with van der Waals surface area (Å²) in [5, 5.41) is 14.2. The number of carboxylic acids is 1. The number of rotatable bonds is 4. The van der Waals surface area contributed by atoms with Crippen LogP contribution < -0.4 is 0 Å². The average Bonchev–Trinajstić information content (AvgIpc) is 2.67. The molecule has 2 rings (SSSR count). The van der Waals surface area contributed by atoms with Crippen molar-refractivity contribution in [1.29, 1.82) is 0 Å². The van der Waals surface area contributed by atoms with Crippen LogP contribution in [0.1, 0.15) is 12.0 Å². The topological polar surface area (TPSA) is 55.1 Å². The van der Waals surface area contributed by atoms with Gasteiger partial charge in [0.05, 0.1) is 10.7 Å². The van der Waals surface area contributed by atoms with Crippen LogP contribution in [0.2, 0.25) is 10.0 Å². The summed E-state index contributed by atoms with van der Waals surface area (Å²) in [5.74, 6) is -0.836.